The van der Waals surface area contributed by atoms with Crippen LogP contribution >= 0.6 is 0 Å². The molecule has 0 spiro atoms. The maximum Gasteiger partial charge on any atom is 0.387 e. The number of carbonyl (C=O) groups excluding carboxylic acids is 1. The molecule has 0 aromatic heterocycles. The van der Waals surface area contributed by atoms with Crippen LogP contribution in [0.15, 0.2) is 12.1 Å². The van der Waals surface area contributed by atoms with Crippen molar-refractivity contribution in [3.63, 3.8) is 0 Å². The molecule has 0 N–H and O–H groups in total. The standard InChI is InChI=1S/C13H11F4NO3/c1-2-20-11(19)5-7-4-10(21-13(16)17)9(12(14)15)3-8(7)6-18/h3-4,12-13H,2,5H2,1H3. The Kier molecular flexibility index (Phi) is 5.96. The third-order valence-corrected chi connectivity index (χ3v) is 2.45. The zero-order valence-corrected chi connectivity index (χ0v) is 10.9. The molecule has 114 valence electrons. The minimum absolute atomic E-state index is 0.0176. The summed E-state index contributed by atoms with van der Waals surface area (Å²) in [5.74, 6) is -1.47. The van der Waals surface area contributed by atoms with Gasteiger partial charge in [-0.2, -0.15) is 14.0 Å². The maximum atomic E-state index is 12.8. The molecule has 8 heteroatoms. The van der Waals surface area contributed by atoms with Crippen LogP contribution in [0.5, 0.6) is 5.75 Å². The van der Waals surface area contributed by atoms with Gasteiger partial charge in [-0.25, -0.2) is 8.78 Å². The van der Waals surface area contributed by atoms with Crippen molar-refractivity contribution in [3.05, 3.63) is 28.8 Å². The lowest BCUT2D eigenvalue weighted by atomic mass is 10.0. The number of nitriles is 1. The van der Waals surface area contributed by atoms with E-state index in [0.717, 1.165) is 12.1 Å². The summed E-state index contributed by atoms with van der Waals surface area (Å²) < 4.78 is 58.7. The Balaban J connectivity index is 3.24. The number of rotatable bonds is 6. The van der Waals surface area contributed by atoms with Crippen LogP contribution in [0.1, 0.15) is 30.0 Å². The third-order valence-electron chi connectivity index (χ3n) is 2.45. The molecule has 0 amide bonds. The lowest BCUT2D eigenvalue weighted by Crippen LogP contribution is -2.11. The summed E-state index contributed by atoms with van der Waals surface area (Å²) in [7, 11) is 0. The van der Waals surface area contributed by atoms with Crippen molar-refractivity contribution in [1.29, 1.82) is 5.26 Å². The Morgan fingerprint density at radius 2 is 2.00 bits per heavy atom. The average Bonchev–Trinajstić information content (AvgIpc) is 2.38. The molecule has 21 heavy (non-hydrogen) atoms. The van der Waals surface area contributed by atoms with E-state index in [0.29, 0.717) is 0 Å². The van der Waals surface area contributed by atoms with E-state index >= 15 is 0 Å². The number of carbonyl (C=O) groups is 1. The first-order valence-electron chi connectivity index (χ1n) is 5.84. The van der Waals surface area contributed by atoms with Gasteiger partial charge in [0.2, 0.25) is 0 Å². The van der Waals surface area contributed by atoms with Gasteiger partial charge in [0, 0.05) is 0 Å². The van der Waals surface area contributed by atoms with Crippen molar-refractivity contribution < 1.29 is 31.8 Å². The minimum atomic E-state index is -3.30. The Morgan fingerprint density at radius 1 is 1.33 bits per heavy atom. The fourth-order valence-electron chi connectivity index (χ4n) is 1.63. The van der Waals surface area contributed by atoms with Gasteiger partial charge in [0.05, 0.1) is 30.2 Å². The molecule has 1 rings (SSSR count). The van der Waals surface area contributed by atoms with Crippen molar-refractivity contribution >= 4 is 5.97 Å². The minimum Gasteiger partial charge on any atom is -0.466 e. The van der Waals surface area contributed by atoms with E-state index in [-0.39, 0.29) is 17.7 Å². The Bertz CT molecular complexity index is 555. The fourth-order valence-corrected chi connectivity index (χ4v) is 1.63. The van der Waals surface area contributed by atoms with Crippen LogP contribution in [-0.4, -0.2) is 19.2 Å². The summed E-state index contributed by atoms with van der Waals surface area (Å²) in [4.78, 5) is 11.4. The number of alkyl halides is 4. The Labute approximate surface area is 117 Å². The lowest BCUT2D eigenvalue weighted by molar-refractivity contribution is -0.142. The molecular weight excluding hydrogens is 294 g/mol. The van der Waals surface area contributed by atoms with Gasteiger partial charge < -0.3 is 9.47 Å². The topological polar surface area (TPSA) is 59.3 Å². The van der Waals surface area contributed by atoms with Gasteiger partial charge in [-0.3, -0.25) is 4.79 Å². The van der Waals surface area contributed by atoms with Crippen molar-refractivity contribution in [2.24, 2.45) is 0 Å². The average molecular weight is 305 g/mol. The monoisotopic (exact) mass is 305 g/mol. The molecule has 0 atom stereocenters. The summed E-state index contributed by atoms with van der Waals surface area (Å²) >= 11 is 0. The quantitative estimate of drug-likeness (QED) is 0.598. The Morgan fingerprint density at radius 3 is 2.48 bits per heavy atom. The predicted octanol–water partition coefficient (Wildman–Crippen LogP) is 3.20. The van der Waals surface area contributed by atoms with E-state index in [1.165, 1.54) is 0 Å². The zero-order chi connectivity index (χ0) is 16.0. The summed E-state index contributed by atoms with van der Waals surface area (Å²) in [6, 6.07) is 3.20. The maximum absolute atomic E-state index is 12.8. The van der Waals surface area contributed by atoms with Gasteiger partial charge in [-0.15, -0.1) is 0 Å². The van der Waals surface area contributed by atoms with Gasteiger partial charge in [0.1, 0.15) is 5.75 Å². The highest BCUT2D eigenvalue weighted by Crippen LogP contribution is 2.33. The first-order valence-corrected chi connectivity index (χ1v) is 5.84. The van der Waals surface area contributed by atoms with Crippen LogP contribution in [0.4, 0.5) is 17.6 Å². The normalized spacial score (nSPS) is 10.6. The smallest absolute Gasteiger partial charge is 0.387 e. The Hall–Kier alpha value is -2.30. The van der Waals surface area contributed by atoms with Gasteiger partial charge in [-0.1, -0.05) is 0 Å². The highest BCUT2D eigenvalue weighted by molar-refractivity contribution is 5.74. The van der Waals surface area contributed by atoms with E-state index in [9.17, 15) is 22.4 Å². The van der Waals surface area contributed by atoms with Crippen LogP contribution in [0.25, 0.3) is 0 Å². The number of benzene rings is 1. The molecule has 1 aromatic carbocycles. The molecule has 0 unspecified atom stereocenters. The molecular formula is C13H11F4NO3. The second-order valence-corrected chi connectivity index (χ2v) is 3.82. The molecule has 0 aliphatic rings. The molecule has 0 bridgehead atoms. The molecule has 4 nitrogen and oxygen atoms in total. The van der Waals surface area contributed by atoms with Gasteiger partial charge in [0.25, 0.3) is 6.43 Å². The predicted molar refractivity (Wildman–Crippen MR) is 63.1 cm³/mol. The summed E-state index contributed by atoms with van der Waals surface area (Å²) in [5, 5.41) is 8.90. The fraction of sp³-hybridized carbons (Fsp3) is 0.385. The van der Waals surface area contributed by atoms with Crippen LogP contribution in [0.2, 0.25) is 0 Å². The van der Waals surface area contributed by atoms with E-state index in [2.05, 4.69) is 9.47 Å². The van der Waals surface area contributed by atoms with Crippen molar-refractivity contribution in [2.75, 3.05) is 6.61 Å². The van der Waals surface area contributed by atoms with Crippen LogP contribution in [0, 0.1) is 11.3 Å². The highest BCUT2D eigenvalue weighted by Gasteiger charge is 2.21. The number of ether oxygens (including phenoxy) is 2. The highest BCUT2D eigenvalue weighted by atomic mass is 19.3. The summed E-state index contributed by atoms with van der Waals surface area (Å²) in [6.45, 7) is -1.64. The van der Waals surface area contributed by atoms with Gasteiger partial charge >= 0.3 is 12.6 Å². The number of nitrogens with zero attached hydrogens (tertiary/aromatic N) is 1. The molecule has 0 aliphatic carbocycles. The van der Waals surface area contributed by atoms with Crippen LogP contribution in [-0.2, 0) is 16.0 Å². The second-order valence-electron chi connectivity index (χ2n) is 3.82. The van der Waals surface area contributed by atoms with Crippen LogP contribution in [0.3, 0.4) is 0 Å². The van der Waals surface area contributed by atoms with Gasteiger partial charge in [0.15, 0.2) is 0 Å². The number of halogens is 4. The SMILES string of the molecule is CCOC(=O)Cc1cc(OC(F)F)c(C(F)F)cc1C#N. The van der Waals surface area contributed by atoms with E-state index in [4.69, 9.17) is 5.26 Å². The van der Waals surface area contributed by atoms with E-state index in [1.807, 2.05) is 0 Å². The van der Waals surface area contributed by atoms with Gasteiger partial charge in [-0.05, 0) is 24.6 Å². The zero-order valence-electron chi connectivity index (χ0n) is 10.9. The first-order chi connectivity index (χ1) is 9.88. The van der Waals surface area contributed by atoms with Crippen LogP contribution < -0.4 is 4.74 Å². The largest absolute Gasteiger partial charge is 0.466 e. The first kappa shape index (κ1) is 16.8. The molecule has 1 aromatic rings. The summed E-state index contributed by atoms with van der Waals surface area (Å²) in [5.41, 5.74) is -1.07. The lowest BCUT2D eigenvalue weighted by Gasteiger charge is -2.13. The number of hydrogen-bond acceptors (Lipinski definition) is 4. The third kappa shape index (κ3) is 4.63. The number of hydrogen-bond donors (Lipinski definition) is 0. The van der Waals surface area contributed by atoms with Crippen molar-refractivity contribution in [2.45, 2.75) is 26.4 Å². The van der Waals surface area contributed by atoms with Crippen molar-refractivity contribution in [3.8, 4) is 11.8 Å². The molecule has 0 saturated carbocycles. The molecule has 0 heterocycles. The van der Waals surface area contributed by atoms with E-state index in [1.54, 1.807) is 13.0 Å². The van der Waals surface area contributed by atoms with E-state index < -0.39 is 36.7 Å². The molecule has 0 saturated heterocycles. The molecule has 0 radical (unpaired) electrons. The molecule has 0 fully saturated rings. The summed E-state index contributed by atoms with van der Waals surface area (Å²) in [6.07, 6.45) is -3.50. The second kappa shape index (κ2) is 7.47. The molecule has 0 aliphatic heterocycles. The van der Waals surface area contributed by atoms with Crippen molar-refractivity contribution in [1.82, 2.24) is 0 Å². The number of esters is 1.